The number of hydrogen-bond acceptors (Lipinski definition) is 7. The van der Waals surface area contributed by atoms with Gasteiger partial charge in [-0.3, -0.25) is 9.36 Å². The molecule has 0 aliphatic carbocycles. The molecule has 9 nitrogen and oxygen atoms in total. The molecule has 0 bridgehead atoms. The Labute approximate surface area is 112 Å². The van der Waals surface area contributed by atoms with Gasteiger partial charge in [-0.25, -0.2) is 9.97 Å². The van der Waals surface area contributed by atoms with Gasteiger partial charge in [0.2, 0.25) is 0 Å². The topological polar surface area (TPSA) is 133 Å². The molecule has 0 amide bonds. The van der Waals surface area contributed by atoms with Crippen LogP contribution in [0.2, 0.25) is 0 Å². The lowest BCUT2D eigenvalue weighted by Gasteiger charge is -2.16. The predicted octanol–water partition coefficient (Wildman–Crippen LogP) is -1.96. The van der Waals surface area contributed by atoms with Crippen LogP contribution in [0.4, 0.5) is 0 Å². The van der Waals surface area contributed by atoms with Gasteiger partial charge in [0.15, 0.2) is 17.4 Å². The van der Waals surface area contributed by atoms with E-state index in [0.29, 0.717) is 5.82 Å². The highest BCUT2D eigenvalue weighted by atomic mass is 16.6. The molecule has 3 rings (SSSR count). The maximum atomic E-state index is 11.7. The van der Waals surface area contributed by atoms with Gasteiger partial charge < -0.3 is 25.0 Å². The minimum Gasteiger partial charge on any atom is -0.394 e. The maximum Gasteiger partial charge on any atom is 0.279 e. The molecule has 0 aromatic carbocycles. The number of rotatable bonds is 2. The van der Waals surface area contributed by atoms with Crippen LogP contribution in [-0.4, -0.2) is 59.8 Å². The average molecular weight is 282 g/mol. The van der Waals surface area contributed by atoms with E-state index in [1.807, 2.05) is 0 Å². The molecule has 20 heavy (non-hydrogen) atoms. The van der Waals surface area contributed by atoms with Crippen molar-refractivity contribution in [3.05, 3.63) is 22.5 Å². The number of imidazole rings is 1. The summed E-state index contributed by atoms with van der Waals surface area (Å²) in [6, 6.07) is 0. The molecule has 4 atom stereocenters. The van der Waals surface area contributed by atoms with Crippen LogP contribution >= 0.6 is 0 Å². The predicted molar refractivity (Wildman–Crippen MR) is 65.9 cm³/mol. The Hall–Kier alpha value is -1.81. The van der Waals surface area contributed by atoms with Gasteiger partial charge in [-0.2, -0.15) is 0 Å². The first-order valence-corrected chi connectivity index (χ1v) is 6.09. The van der Waals surface area contributed by atoms with Gasteiger partial charge in [-0.05, 0) is 6.92 Å². The van der Waals surface area contributed by atoms with E-state index >= 15 is 0 Å². The molecule has 1 aliphatic rings. The normalized spacial score (nSPS) is 30.2. The van der Waals surface area contributed by atoms with Gasteiger partial charge in [0.25, 0.3) is 5.56 Å². The molecule has 108 valence electrons. The zero-order chi connectivity index (χ0) is 14.4. The first kappa shape index (κ1) is 13.2. The van der Waals surface area contributed by atoms with Gasteiger partial charge in [0.05, 0.1) is 12.9 Å². The first-order valence-electron chi connectivity index (χ1n) is 6.09. The lowest BCUT2D eigenvalue weighted by atomic mass is 10.1. The molecule has 2 aromatic heterocycles. The fraction of sp³-hybridized carbons (Fsp3) is 0.545. The van der Waals surface area contributed by atoms with E-state index in [4.69, 9.17) is 9.84 Å². The Balaban J connectivity index is 2.09. The fourth-order valence-electron chi connectivity index (χ4n) is 2.33. The van der Waals surface area contributed by atoms with Crippen LogP contribution in [0, 0.1) is 6.92 Å². The third-order valence-corrected chi connectivity index (χ3v) is 3.34. The number of aliphatic hydroxyl groups excluding tert-OH is 3. The molecular formula is C11H14N4O5. The zero-order valence-corrected chi connectivity index (χ0v) is 10.6. The second-order valence-corrected chi connectivity index (χ2v) is 4.70. The molecule has 4 N–H and O–H groups in total. The number of hydrogen-bond donors (Lipinski definition) is 4. The largest absolute Gasteiger partial charge is 0.394 e. The van der Waals surface area contributed by atoms with Crippen LogP contribution < -0.4 is 5.56 Å². The number of aromatic amines is 1. The molecule has 1 aliphatic heterocycles. The molecule has 1 saturated heterocycles. The Bertz CT molecular complexity index is 696. The molecule has 0 unspecified atom stereocenters. The van der Waals surface area contributed by atoms with Crippen molar-refractivity contribution >= 4 is 11.2 Å². The summed E-state index contributed by atoms with van der Waals surface area (Å²) in [7, 11) is 0. The molecular weight excluding hydrogens is 268 g/mol. The molecule has 2 aromatic rings. The Morgan fingerprint density at radius 1 is 1.45 bits per heavy atom. The fourth-order valence-corrected chi connectivity index (χ4v) is 2.33. The molecule has 0 radical (unpaired) electrons. The number of aliphatic hydroxyl groups is 3. The van der Waals surface area contributed by atoms with Crippen molar-refractivity contribution < 1.29 is 20.1 Å². The van der Waals surface area contributed by atoms with Crippen molar-refractivity contribution in [2.75, 3.05) is 6.61 Å². The van der Waals surface area contributed by atoms with E-state index < -0.39 is 36.7 Å². The summed E-state index contributed by atoms with van der Waals surface area (Å²) < 4.78 is 6.76. The summed E-state index contributed by atoms with van der Waals surface area (Å²) in [6.45, 7) is 1.20. The van der Waals surface area contributed by atoms with Crippen LogP contribution in [-0.2, 0) is 4.74 Å². The quantitative estimate of drug-likeness (QED) is 0.502. The third-order valence-electron chi connectivity index (χ3n) is 3.34. The minimum absolute atomic E-state index is 0.119. The van der Waals surface area contributed by atoms with Crippen LogP contribution in [0.3, 0.4) is 0 Å². The summed E-state index contributed by atoms with van der Waals surface area (Å²) in [5.41, 5.74) is -0.0209. The summed E-state index contributed by atoms with van der Waals surface area (Å²) in [5, 5.41) is 28.8. The maximum absolute atomic E-state index is 11.7. The van der Waals surface area contributed by atoms with E-state index in [1.54, 1.807) is 6.92 Å². The summed E-state index contributed by atoms with van der Waals surface area (Å²) in [5.74, 6) is 0.399. The smallest absolute Gasteiger partial charge is 0.279 e. The lowest BCUT2D eigenvalue weighted by molar-refractivity contribution is -0.0511. The average Bonchev–Trinajstić information content (AvgIpc) is 2.93. The summed E-state index contributed by atoms with van der Waals surface area (Å²) in [6.07, 6.45) is -3.00. The van der Waals surface area contributed by atoms with Crippen molar-refractivity contribution in [1.82, 2.24) is 19.5 Å². The van der Waals surface area contributed by atoms with Crippen LogP contribution in [0.15, 0.2) is 11.1 Å². The van der Waals surface area contributed by atoms with E-state index in [9.17, 15) is 15.0 Å². The molecule has 3 heterocycles. The van der Waals surface area contributed by atoms with Gasteiger partial charge in [0, 0.05) is 0 Å². The Kier molecular flexibility index (Phi) is 3.05. The Morgan fingerprint density at radius 3 is 2.85 bits per heavy atom. The molecule has 1 fully saturated rings. The number of ether oxygens (including phenoxy) is 1. The zero-order valence-electron chi connectivity index (χ0n) is 10.6. The highest BCUT2D eigenvalue weighted by Crippen LogP contribution is 2.30. The summed E-state index contributed by atoms with van der Waals surface area (Å²) >= 11 is 0. The van der Waals surface area contributed by atoms with Crippen molar-refractivity contribution in [3.63, 3.8) is 0 Å². The first-order chi connectivity index (χ1) is 9.52. The molecule has 0 saturated carbocycles. The van der Waals surface area contributed by atoms with Gasteiger partial charge in [-0.1, -0.05) is 0 Å². The van der Waals surface area contributed by atoms with Crippen molar-refractivity contribution in [2.24, 2.45) is 0 Å². The number of nitrogens with one attached hydrogen (secondary N) is 1. The van der Waals surface area contributed by atoms with Gasteiger partial charge >= 0.3 is 0 Å². The van der Waals surface area contributed by atoms with Crippen molar-refractivity contribution in [1.29, 1.82) is 0 Å². The van der Waals surface area contributed by atoms with Gasteiger partial charge in [0.1, 0.15) is 24.1 Å². The number of aryl methyl sites for hydroxylation is 1. The number of nitrogens with zero attached hydrogens (tertiary/aromatic N) is 3. The van der Waals surface area contributed by atoms with Gasteiger partial charge in [-0.15, -0.1) is 0 Å². The monoisotopic (exact) mass is 282 g/mol. The number of aromatic nitrogens is 4. The standard InChI is InChI=1S/C11H14N4O5/c1-4-13-9-6(10(19)14-4)12-3-15(9)11-8(18)7(17)5(2-16)20-11/h3,5,7-8,11,16-18H,2H2,1H3,(H,13,14,19)/t5-,7+,8-,11+/m0/s1. The SMILES string of the molecule is Cc1nc2c(ncn2[C@@H]2O[C@@H](CO)[C@@H](O)[C@@H]2O)c(=O)[nH]1. The third kappa shape index (κ3) is 1.83. The molecule has 9 heteroatoms. The second-order valence-electron chi connectivity index (χ2n) is 4.70. The van der Waals surface area contributed by atoms with E-state index in [0.717, 1.165) is 0 Å². The van der Waals surface area contributed by atoms with Crippen molar-refractivity contribution in [2.45, 2.75) is 31.5 Å². The van der Waals surface area contributed by atoms with Crippen molar-refractivity contribution in [3.8, 4) is 0 Å². The highest BCUT2D eigenvalue weighted by molar-refractivity contribution is 5.69. The Morgan fingerprint density at radius 2 is 2.20 bits per heavy atom. The second kappa shape index (κ2) is 4.63. The molecule has 0 spiro atoms. The lowest BCUT2D eigenvalue weighted by Crippen LogP contribution is -2.33. The van der Waals surface area contributed by atoms with Crippen LogP contribution in [0.25, 0.3) is 11.2 Å². The number of H-pyrrole nitrogens is 1. The minimum atomic E-state index is -1.24. The van der Waals surface area contributed by atoms with E-state index in [2.05, 4.69) is 15.0 Å². The van der Waals surface area contributed by atoms with Crippen LogP contribution in [0.1, 0.15) is 12.1 Å². The van der Waals surface area contributed by atoms with E-state index in [1.165, 1.54) is 10.9 Å². The number of fused-ring (bicyclic) bond motifs is 1. The highest BCUT2D eigenvalue weighted by Gasteiger charge is 2.44. The summed E-state index contributed by atoms with van der Waals surface area (Å²) in [4.78, 5) is 22.3. The van der Waals surface area contributed by atoms with Crippen LogP contribution in [0.5, 0.6) is 0 Å². The van der Waals surface area contributed by atoms with E-state index in [-0.39, 0.29) is 11.2 Å².